The molecule has 0 spiro atoms. The molecule has 0 heterocycles. The summed E-state index contributed by atoms with van der Waals surface area (Å²) in [6, 6.07) is 8.32. The molecular formula is C11H13NO3. The van der Waals surface area contributed by atoms with E-state index in [-0.39, 0.29) is 6.61 Å². The fourth-order valence-electron chi connectivity index (χ4n) is 1.24. The fraction of sp³-hybridized carbons (Fsp3) is 0.364. The minimum atomic E-state index is -0.938. The van der Waals surface area contributed by atoms with Crippen LogP contribution < -0.4 is 0 Å². The van der Waals surface area contributed by atoms with Gasteiger partial charge in [0.2, 0.25) is 0 Å². The molecule has 0 radical (unpaired) electrons. The van der Waals surface area contributed by atoms with Crippen LogP contribution in [0.15, 0.2) is 35.5 Å². The SMILES string of the molecule is CCOC(=O)C(Cc1ccccc1)N=O. The van der Waals surface area contributed by atoms with E-state index in [4.69, 9.17) is 4.74 Å². The van der Waals surface area contributed by atoms with E-state index < -0.39 is 12.0 Å². The lowest BCUT2D eigenvalue weighted by Crippen LogP contribution is -2.23. The molecule has 0 aliphatic rings. The first-order valence-corrected chi connectivity index (χ1v) is 4.81. The monoisotopic (exact) mass is 207 g/mol. The number of nitrogens with zero attached hydrogens (tertiary/aromatic N) is 1. The normalized spacial score (nSPS) is 11.8. The summed E-state index contributed by atoms with van der Waals surface area (Å²) >= 11 is 0. The molecular weight excluding hydrogens is 194 g/mol. The van der Waals surface area contributed by atoms with Gasteiger partial charge in [-0.2, -0.15) is 0 Å². The van der Waals surface area contributed by atoms with E-state index in [1.54, 1.807) is 6.92 Å². The van der Waals surface area contributed by atoms with Crippen molar-refractivity contribution in [3.8, 4) is 0 Å². The molecule has 0 amide bonds. The van der Waals surface area contributed by atoms with Gasteiger partial charge in [0.15, 0.2) is 6.04 Å². The third-order valence-electron chi connectivity index (χ3n) is 1.96. The Kier molecular flexibility index (Phi) is 4.47. The van der Waals surface area contributed by atoms with E-state index in [1.165, 1.54) is 0 Å². The predicted octanol–water partition coefficient (Wildman–Crippen LogP) is 1.93. The van der Waals surface area contributed by atoms with Crippen LogP contribution in [-0.2, 0) is 16.0 Å². The van der Waals surface area contributed by atoms with E-state index in [9.17, 15) is 9.70 Å². The Hall–Kier alpha value is -1.71. The molecule has 1 atom stereocenters. The van der Waals surface area contributed by atoms with Crippen molar-refractivity contribution in [3.05, 3.63) is 40.8 Å². The number of ether oxygens (including phenoxy) is 1. The quantitative estimate of drug-likeness (QED) is 0.547. The zero-order valence-corrected chi connectivity index (χ0v) is 8.55. The van der Waals surface area contributed by atoms with Crippen molar-refractivity contribution in [2.45, 2.75) is 19.4 Å². The maximum Gasteiger partial charge on any atom is 0.334 e. The maximum atomic E-state index is 11.3. The van der Waals surface area contributed by atoms with E-state index in [1.807, 2.05) is 30.3 Å². The smallest absolute Gasteiger partial charge is 0.334 e. The van der Waals surface area contributed by atoms with Gasteiger partial charge >= 0.3 is 5.97 Å². The number of carbonyl (C=O) groups excluding carboxylic acids is 1. The summed E-state index contributed by atoms with van der Waals surface area (Å²) < 4.78 is 4.73. The standard InChI is InChI=1S/C11H13NO3/c1-2-15-11(13)10(12-14)8-9-6-4-3-5-7-9/h3-7,10H,2,8H2,1H3. The maximum absolute atomic E-state index is 11.3. The Bertz CT molecular complexity index is 324. The van der Waals surface area contributed by atoms with Crippen LogP contribution >= 0.6 is 0 Å². The van der Waals surface area contributed by atoms with Crippen LogP contribution in [0.1, 0.15) is 12.5 Å². The molecule has 0 saturated carbocycles. The number of carbonyl (C=O) groups is 1. The Morgan fingerprint density at radius 3 is 2.60 bits per heavy atom. The topological polar surface area (TPSA) is 55.7 Å². The fourth-order valence-corrected chi connectivity index (χ4v) is 1.24. The second-order valence-electron chi connectivity index (χ2n) is 3.06. The van der Waals surface area contributed by atoms with Crippen LogP contribution in [0, 0.1) is 4.91 Å². The lowest BCUT2D eigenvalue weighted by atomic mass is 10.1. The van der Waals surface area contributed by atoms with Gasteiger partial charge in [0.25, 0.3) is 0 Å². The zero-order valence-electron chi connectivity index (χ0n) is 8.55. The van der Waals surface area contributed by atoms with Crippen LogP contribution in [-0.4, -0.2) is 18.6 Å². The van der Waals surface area contributed by atoms with Gasteiger partial charge in [0.1, 0.15) is 0 Å². The minimum Gasteiger partial charge on any atom is -0.464 e. The minimum absolute atomic E-state index is 0.264. The summed E-state index contributed by atoms with van der Waals surface area (Å²) in [6.07, 6.45) is 0.295. The first kappa shape index (κ1) is 11.4. The zero-order chi connectivity index (χ0) is 11.1. The van der Waals surface area contributed by atoms with Crippen molar-refractivity contribution in [1.29, 1.82) is 0 Å². The van der Waals surface area contributed by atoms with Gasteiger partial charge in [0.05, 0.1) is 6.61 Å². The van der Waals surface area contributed by atoms with Gasteiger partial charge in [-0.1, -0.05) is 35.5 Å². The van der Waals surface area contributed by atoms with Crippen molar-refractivity contribution >= 4 is 5.97 Å². The van der Waals surface area contributed by atoms with Crippen molar-refractivity contribution < 1.29 is 9.53 Å². The summed E-state index contributed by atoms with van der Waals surface area (Å²) in [7, 11) is 0. The first-order valence-electron chi connectivity index (χ1n) is 4.81. The molecule has 0 bridgehead atoms. The molecule has 1 unspecified atom stereocenters. The van der Waals surface area contributed by atoms with Crippen LogP contribution in [0.2, 0.25) is 0 Å². The highest BCUT2D eigenvalue weighted by atomic mass is 16.5. The number of hydrogen-bond donors (Lipinski definition) is 0. The molecule has 0 fully saturated rings. The molecule has 15 heavy (non-hydrogen) atoms. The number of esters is 1. The summed E-state index contributed by atoms with van der Waals surface area (Å²) in [5.41, 5.74) is 0.898. The lowest BCUT2D eigenvalue weighted by Gasteiger charge is -2.07. The van der Waals surface area contributed by atoms with Gasteiger partial charge < -0.3 is 4.74 Å². The van der Waals surface area contributed by atoms with Gasteiger partial charge in [-0.05, 0) is 12.5 Å². The van der Waals surface area contributed by atoms with E-state index in [2.05, 4.69) is 5.18 Å². The highest BCUT2D eigenvalue weighted by Crippen LogP contribution is 2.07. The number of rotatable bonds is 5. The number of hydrogen-bond acceptors (Lipinski definition) is 4. The Balaban J connectivity index is 2.62. The summed E-state index contributed by atoms with van der Waals surface area (Å²) in [4.78, 5) is 21.7. The molecule has 0 N–H and O–H groups in total. The summed E-state index contributed by atoms with van der Waals surface area (Å²) in [5, 5.41) is 2.78. The lowest BCUT2D eigenvalue weighted by molar-refractivity contribution is -0.144. The molecule has 1 aromatic carbocycles. The Labute approximate surface area is 88.2 Å². The van der Waals surface area contributed by atoms with E-state index >= 15 is 0 Å². The highest BCUT2D eigenvalue weighted by Gasteiger charge is 2.20. The molecule has 4 heteroatoms. The molecule has 0 aliphatic heterocycles. The van der Waals surface area contributed by atoms with Gasteiger partial charge in [0, 0.05) is 6.42 Å². The Morgan fingerprint density at radius 1 is 1.40 bits per heavy atom. The molecule has 80 valence electrons. The van der Waals surface area contributed by atoms with Crippen LogP contribution in [0.5, 0.6) is 0 Å². The van der Waals surface area contributed by atoms with Gasteiger partial charge in [-0.25, -0.2) is 4.79 Å². The van der Waals surface area contributed by atoms with Crippen LogP contribution in [0.25, 0.3) is 0 Å². The van der Waals surface area contributed by atoms with Crippen LogP contribution in [0.3, 0.4) is 0 Å². The van der Waals surface area contributed by atoms with Gasteiger partial charge in [-0.15, -0.1) is 4.91 Å². The Morgan fingerprint density at radius 2 is 2.07 bits per heavy atom. The summed E-state index contributed by atoms with van der Waals surface area (Å²) in [5.74, 6) is -0.559. The average molecular weight is 207 g/mol. The van der Waals surface area contributed by atoms with Crippen LogP contribution in [0.4, 0.5) is 0 Å². The molecule has 0 aromatic heterocycles. The average Bonchev–Trinajstić information content (AvgIpc) is 2.27. The van der Waals surface area contributed by atoms with Crippen molar-refractivity contribution in [2.24, 2.45) is 5.18 Å². The van der Waals surface area contributed by atoms with Crippen molar-refractivity contribution in [3.63, 3.8) is 0 Å². The number of benzene rings is 1. The largest absolute Gasteiger partial charge is 0.464 e. The third-order valence-corrected chi connectivity index (χ3v) is 1.96. The summed E-state index contributed by atoms with van der Waals surface area (Å²) in [6.45, 7) is 1.96. The first-order chi connectivity index (χ1) is 7.27. The van der Waals surface area contributed by atoms with Crippen molar-refractivity contribution in [1.82, 2.24) is 0 Å². The molecule has 0 aliphatic carbocycles. The second-order valence-corrected chi connectivity index (χ2v) is 3.06. The molecule has 1 aromatic rings. The second kappa shape index (κ2) is 5.90. The number of nitroso groups, excluding NO2 is 1. The highest BCUT2D eigenvalue weighted by molar-refractivity contribution is 5.76. The molecule has 1 rings (SSSR count). The van der Waals surface area contributed by atoms with E-state index in [0.29, 0.717) is 6.42 Å². The molecule has 0 saturated heterocycles. The third kappa shape index (κ3) is 3.50. The van der Waals surface area contributed by atoms with E-state index in [0.717, 1.165) is 5.56 Å². The van der Waals surface area contributed by atoms with Crippen molar-refractivity contribution in [2.75, 3.05) is 6.61 Å². The molecule has 4 nitrogen and oxygen atoms in total. The predicted molar refractivity (Wildman–Crippen MR) is 56.4 cm³/mol. The van der Waals surface area contributed by atoms with Gasteiger partial charge in [-0.3, -0.25) is 0 Å².